The Bertz CT molecular complexity index is 477. The van der Waals surface area contributed by atoms with Crippen molar-refractivity contribution >= 4 is 5.69 Å². The van der Waals surface area contributed by atoms with Gasteiger partial charge in [0.05, 0.1) is 0 Å². The molecular weight excluding hydrogens is 338 g/mol. The fourth-order valence-electron chi connectivity index (χ4n) is 4.18. The Morgan fingerprint density at radius 3 is 1.46 bits per heavy atom. The third kappa shape index (κ3) is 12.5. The van der Waals surface area contributed by atoms with Crippen molar-refractivity contribution in [2.45, 2.75) is 136 Å². The standard InChI is InChI=1S/C27H49N/c1-4-5-6-7-8-9-10-11-12-13-14-15-16-17-18-19-20-25-21-22-26(24(2)3)27(28)23-25/h21-24H,4-20,28H2,1-3H3. The van der Waals surface area contributed by atoms with Gasteiger partial charge < -0.3 is 5.73 Å². The van der Waals surface area contributed by atoms with Gasteiger partial charge in [0.25, 0.3) is 0 Å². The molecule has 1 nitrogen and oxygen atoms in total. The molecule has 0 amide bonds. The number of unbranched alkanes of at least 4 members (excludes halogenated alkanes) is 15. The Labute approximate surface area is 176 Å². The number of hydrogen-bond donors (Lipinski definition) is 1. The number of rotatable bonds is 18. The third-order valence-electron chi connectivity index (χ3n) is 6.09. The van der Waals surface area contributed by atoms with Gasteiger partial charge in [-0.25, -0.2) is 0 Å². The monoisotopic (exact) mass is 387 g/mol. The average molecular weight is 388 g/mol. The molecule has 162 valence electrons. The fourth-order valence-corrected chi connectivity index (χ4v) is 4.18. The van der Waals surface area contributed by atoms with E-state index in [4.69, 9.17) is 5.73 Å². The molecule has 0 saturated carbocycles. The minimum absolute atomic E-state index is 0.518. The first-order valence-corrected chi connectivity index (χ1v) is 12.5. The molecule has 2 N–H and O–H groups in total. The van der Waals surface area contributed by atoms with Crippen molar-refractivity contribution in [1.29, 1.82) is 0 Å². The second-order valence-corrected chi connectivity index (χ2v) is 9.17. The molecule has 0 saturated heterocycles. The van der Waals surface area contributed by atoms with Gasteiger partial charge in [-0.15, -0.1) is 0 Å². The molecule has 1 aromatic rings. The molecule has 0 radical (unpaired) electrons. The molecule has 0 spiro atoms. The van der Waals surface area contributed by atoms with E-state index in [-0.39, 0.29) is 0 Å². The second-order valence-electron chi connectivity index (χ2n) is 9.17. The highest BCUT2D eigenvalue weighted by Gasteiger charge is 2.04. The van der Waals surface area contributed by atoms with E-state index in [0.717, 1.165) is 5.69 Å². The van der Waals surface area contributed by atoms with Crippen molar-refractivity contribution in [3.05, 3.63) is 29.3 Å². The summed E-state index contributed by atoms with van der Waals surface area (Å²) < 4.78 is 0. The van der Waals surface area contributed by atoms with Crippen LogP contribution >= 0.6 is 0 Å². The smallest absolute Gasteiger partial charge is 0.0351 e. The van der Waals surface area contributed by atoms with E-state index in [2.05, 4.69) is 39.0 Å². The van der Waals surface area contributed by atoms with Gasteiger partial charge in [0.15, 0.2) is 0 Å². The minimum atomic E-state index is 0.518. The summed E-state index contributed by atoms with van der Waals surface area (Å²) in [7, 11) is 0. The maximum Gasteiger partial charge on any atom is 0.0351 e. The van der Waals surface area contributed by atoms with Crippen LogP contribution in [0.5, 0.6) is 0 Å². The molecule has 0 aromatic heterocycles. The molecule has 0 bridgehead atoms. The molecular formula is C27H49N. The molecule has 1 rings (SSSR count). The number of anilines is 1. The van der Waals surface area contributed by atoms with Crippen LogP contribution in [0.4, 0.5) is 5.69 Å². The Kier molecular flexibility index (Phi) is 15.1. The van der Waals surface area contributed by atoms with Crippen molar-refractivity contribution in [2.75, 3.05) is 5.73 Å². The van der Waals surface area contributed by atoms with E-state index in [9.17, 15) is 0 Å². The lowest BCUT2D eigenvalue weighted by Crippen LogP contribution is -1.98. The SMILES string of the molecule is CCCCCCCCCCCCCCCCCCc1ccc(C(C)C)c(N)c1. The van der Waals surface area contributed by atoms with E-state index in [1.807, 2.05) is 0 Å². The van der Waals surface area contributed by atoms with Gasteiger partial charge in [0.1, 0.15) is 0 Å². The molecule has 1 aromatic carbocycles. The van der Waals surface area contributed by atoms with E-state index in [1.165, 1.54) is 120 Å². The Balaban J connectivity index is 1.86. The topological polar surface area (TPSA) is 26.0 Å². The number of aryl methyl sites for hydroxylation is 1. The zero-order chi connectivity index (χ0) is 20.5. The van der Waals surface area contributed by atoms with Crippen molar-refractivity contribution in [2.24, 2.45) is 0 Å². The molecule has 0 heterocycles. The van der Waals surface area contributed by atoms with Gasteiger partial charge >= 0.3 is 0 Å². The molecule has 0 aliphatic carbocycles. The third-order valence-corrected chi connectivity index (χ3v) is 6.09. The summed E-state index contributed by atoms with van der Waals surface area (Å²) in [6, 6.07) is 6.69. The highest BCUT2D eigenvalue weighted by atomic mass is 14.6. The number of nitrogens with two attached hydrogens (primary N) is 1. The second kappa shape index (κ2) is 16.9. The van der Waals surface area contributed by atoms with Crippen LogP contribution in [0.25, 0.3) is 0 Å². The van der Waals surface area contributed by atoms with Gasteiger partial charge in [-0.05, 0) is 36.0 Å². The zero-order valence-corrected chi connectivity index (χ0v) is 19.4. The molecule has 28 heavy (non-hydrogen) atoms. The number of hydrogen-bond acceptors (Lipinski definition) is 1. The summed E-state index contributed by atoms with van der Waals surface area (Å²) >= 11 is 0. The molecule has 0 aliphatic heterocycles. The van der Waals surface area contributed by atoms with E-state index in [0.29, 0.717) is 5.92 Å². The van der Waals surface area contributed by atoms with Crippen LogP contribution in [0.1, 0.15) is 141 Å². The van der Waals surface area contributed by atoms with Gasteiger partial charge in [-0.1, -0.05) is 129 Å². The first-order valence-electron chi connectivity index (χ1n) is 12.5. The lowest BCUT2D eigenvalue weighted by Gasteiger charge is -2.11. The van der Waals surface area contributed by atoms with Crippen molar-refractivity contribution in [3.8, 4) is 0 Å². The highest BCUT2D eigenvalue weighted by molar-refractivity contribution is 5.50. The molecule has 0 atom stereocenters. The summed E-state index contributed by atoms with van der Waals surface area (Å²) in [6.07, 6.45) is 24.1. The lowest BCUT2D eigenvalue weighted by molar-refractivity contribution is 0.529. The minimum Gasteiger partial charge on any atom is -0.398 e. The van der Waals surface area contributed by atoms with Crippen LogP contribution in [-0.4, -0.2) is 0 Å². The highest BCUT2D eigenvalue weighted by Crippen LogP contribution is 2.23. The van der Waals surface area contributed by atoms with Crippen LogP contribution < -0.4 is 5.73 Å². The Morgan fingerprint density at radius 1 is 0.643 bits per heavy atom. The summed E-state index contributed by atoms with van der Waals surface area (Å²) in [5.41, 5.74) is 9.86. The molecule has 0 unspecified atom stereocenters. The summed E-state index contributed by atoms with van der Waals surface area (Å²) in [5.74, 6) is 0.518. The van der Waals surface area contributed by atoms with E-state index >= 15 is 0 Å². The van der Waals surface area contributed by atoms with E-state index < -0.39 is 0 Å². The number of nitrogen functional groups attached to an aromatic ring is 1. The van der Waals surface area contributed by atoms with Gasteiger partial charge in [0, 0.05) is 5.69 Å². The van der Waals surface area contributed by atoms with Gasteiger partial charge in [-0.3, -0.25) is 0 Å². The van der Waals surface area contributed by atoms with Crippen LogP contribution in [0, 0.1) is 0 Å². The molecule has 0 aliphatic rings. The van der Waals surface area contributed by atoms with Crippen LogP contribution in [0.3, 0.4) is 0 Å². The first kappa shape index (κ1) is 25.1. The quantitative estimate of drug-likeness (QED) is 0.197. The van der Waals surface area contributed by atoms with Crippen LogP contribution in [0.2, 0.25) is 0 Å². The predicted octanol–water partition coefficient (Wildman–Crippen LogP) is 9.20. The fraction of sp³-hybridized carbons (Fsp3) is 0.778. The summed E-state index contributed by atoms with van der Waals surface area (Å²) in [5, 5.41) is 0. The summed E-state index contributed by atoms with van der Waals surface area (Å²) in [4.78, 5) is 0. The Morgan fingerprint density at radius 2 is 1.07 bits per heavy atom. The van der Waals surface area contributed by atoms with Gasteiger partial charge in [-0.2, -0.15) is 0 Å². The van der Waals surface area contributed by atoms with Crippen molar-refractivity contribution in [3.63, 3.8) is 0 Å². The van der Waals surface area contributed by atoms with E-state index in [1.54, 1.807) is 0 Å². The van der Waals surface area contributed by atoms with Gasteiger partial charge in [0.2, 0.25) is 0 Å². The normalized spacial score (nSPS) is 11.4. The number of benzene rings is 1. The first-order chi connectivity index (χ1) is 13.6. The molecule has 0 fully saturated rings. The van der Waals surface area contributed by atoms with Crippen LogP contribution in [-0.2, 0) is 6.42 Å². The average Bonchev–Trinajstić information content (AvgIpc) is 2.67. The summed E-state index contributed by atoms with van der Waals surface area (Å²) in [6.45, 7) is 6.71. The Hall–Kier alpha value is -0.980. The van der Waals surface area contributed by atoms with Crippen molar-refractivity contribution in [1.82, 2.24) is 0 Å². The zero-order valence-electron chi connectivity index (χ0n) is 19.4. The largest absolute Gasteiger partial charge is 0.398 e. The maximum atomic E-state index is 6.18. The predicted molar refractivity (Wildman–Crippen MR) is 128 cm³/mol. The molecule has 1 heteroatoms. The van der Waals surface area contributed by atoms with Crippen LogP contribution in [0.15, 0.2) is 18.2 Å². The lowest BCUT2D eigenvalue weighted by atomic mass is 9.97. The van der Waals surface area contributed by atoms with Crippen molar-refractivity contribution < 1.29 is 0 Å². The maximum absolute atomic E-state index is 6.18.